The Bertz CT molecular complexity index is 247. The van der Waals surface area contributed by atoms with Crippen molar-refractivity contribution in [3.8, 4) is 0 Å². The van der Waals surface area contributed by atoms with Crippen LogP contribution in [0.1, 0.15) is 58.3 Å². The zero-order chi connectivity index (χ0) is 11.7. The first kappa shape index (κ1) is 12.0. The Balaban J connectivity index is 1.52. The molecule has 2 heteroatoms. The van der Waals surface area contributed by atoms with E-state index in [0.29, 0.717) is 0 Å². The lowest BCUT2D eigenvalue weighted by Crippen LogP contribution is -2.46. The van der Waals surface area contributed by atoms with Crippen LogP contribution < -0.4 is 5.32 Å². The van der Waals surface area contributed by atoms with Crippen LogP contribution in [0.5, 0.6) is 0 Å². The highest BCUT2D eigenvalue weighted by Crippen LogP contribution is 2.31. The number of rotatable bonds is 3. The molecule has 0 aromatic heterocycles. The van der Waals surface area contributed by atoms with Crippen molar-refractivity contribution in [2.24, 2.45) is 5.92 Å². The molecule has 0 bridgehead atoms. The number of nitrogens with one attached hydrogen (secondary N) is 1. The van der Waals surface area contributed by atoms with E-state index in [1.165, 1.54) is 64.5 Å². The van der Waals surface area contributed by atoms with E-state index in [1.54, 1.807) is 0 Å². The lowest BCUT2D eigenvalue weighted by atomic mass is 9.84. The summed E-state index contributed by atoms with van der Waals surface area (Å²) in [4.78, 5) is 2.71. The second kappa shape index (κ2) is 5.27. The van der Waals surface area contributed by atoms with E-state index < -0.39 is 0 Å². The SMILES string of the molecule is CC(NC1CCN2CCCC12)C1CCCCC1. The molecule has 1 aliphatic carbocycles. The van der Waals surface area contributed by atoms with Crippen LogP contribution in [0.2, 0.25) is 0 Å². The summed E-state index contributed by atoms with van der Waals surface area (Å²) in [6.07, 6.45) is 11.6. The predicted molar refractivity (Wildman–Crippen MR) is 72.2 cm³/mol. The number of hydrogen-bond acceptors (Lipinski definition) is 2. The maximum atomic E-state index is 3.98. The standard InChI is InChI=1S/C15H28N2/c1-12(13-6-3-2-4-7-13)16-14-9-11-17-10-5-8-15(14)17/h12-16H,2-11H2,1H3. The summed E-state index contributed by atoms with van der Waals surface area (Å²) < 4.78 is 0. The van der Waals surface area contributed by atoms with Gasteiger partial charge in [-0.2, -0.15) is 0 Å². The first-order valence-corrected chi connectivity index (χ1v) is 7.85. The van der Waals surface area contributed by atoms with Crippen LogP contribution in [-0.4, -0.2) is 36.1 Å². The summed E-state index contributed by atoms with van der Waals surface area (Å²) in [6.45, 7) is 5.15. The molecule has 1 N–H and O–H groups in total. The molecule has 0 radical (unpaired) electrons. The number of fused-ring (bicyclic) bond motifs is 1. The van der Waals surface area contributed by atoms with Crippen LogP contribution in [0.25, 0.3) is 0 Å². The third kappa shape index (κ3) is 2.53. The van der Waals surface area contributed by atoms with Crippen LogP contribution in [0, 0.1) is 5.92 Å². The molecule has 2 aliphatic heterocycles. The molecule has 17 heavy (non-hydrogen) atoms. The highest BCUT2D eigenvalue weighted by molar-refractivity contribution is 4.97. The number of hydrogen-bond donors (Lipinski definition) is 1. The van der Waals surface area contributed by atoms with Gasteiger partial charge in [-0.1, -0.05) is 19.3 Å². The molecule has 1 saturated carbocycles. The molecule has 3 rings (SSSR count). The molecular weight excluding hydrogens is 208 g/mol. The van der Waals surface area contributed by atoms with Crippen LogP contribution in [0.15, 0.2) is 0 Å². The minimum atomic E-state index is 0.751. The van der Waals surface area contributed by atoms with Gasteiger partial charge < -0.3 is 5.32 Å². The molecule has 2 nitrogen and oxygen atoms in total. The lowest BCUT2D eigenvalue weighted by Gasteiger charge is -2.32. The van der Waals surface area contributed by atoms with Gasteiger partial charge in [-0.15, -0.1) is 0 Å². The molecule has 2 saturated heterocycles. The largest absolute Gasteiger partial charge is 0.310 e. The highest BCUT2D eigenvalue weighted by Gasteiger charge is 2.38. The molecule has 3 aliphatic rings. The molecule has 3 unspecified atom stereocenters. The van der Waals surface area contributed by atoms with Crippen molar-refractivity contribution < 1.29 is 0 Å². The third-order valence-corrected chi connectivity index (χ3v) is 5.44. The predicted octanol–water partition coefficient (Wildman–Crippen LogP) is 2.78. The van der Waals surface area contributed by atoms with Crippen LogP contribution in [0.3, 0.4) is 0 Å². The van der Waals surface area contributed by atoms with Gasteiger partial charge >= 0.3 is 0 Å². The van der Waals surface area contributed by atoms with E-state index in [1.807, 2.05) is 0 Å². The van der Waals surface area contributed by atoms with E-state index in [0.717, 1.165) is 24.0 Å². The third-order valence-electron chi connectivity index (χ3n) is 5.44. The first-order valence-electron chi connectivity index (χ1n) is 7.85. The van der Waals surface area contributed by atoms with Crippen molar-refractivity contribution in [1.82, 2.24) is 10.2 Å². The molecule has 2 heterocycles. The average molecular weight is 236 g/mol. The maximum absolute atomic E-state index is 3.98. The molecule has 98 valence electrons. The summed E-state index contributed by atoms with van der Waals surface area (Å²) in [7, 11) is 0. The van der Waals surface area contributed by atoms with E-state index in [9.17, 15) is 0 Å². The maximum Gasteiger partial charge on any atom is 0.0250 e. The quantitative estimate of drug-likeness (QED) is 0.810. The van der Waals surface area contributed by atoms with E-state index >= 15 is 0 Å². The van der Waals surface area contributed by atoms with Gasteiger partial charge in [0.25, 0.3) is 0 Å². The Hall–Kier alpha value is -0.0800. The fourth-order valence-corrected chi connectivity index (χ4v) is 4.38. The van der Waals surface area contributed by atoms with Crippen molar-refractivity contribution >= 4 is 0 Å². The fraction of sp³-hybridized carbons (Fsp3) is 1.00. The molecule has 0 amide bonds. The first-order chi connectivity index (χ1) is 8.34. The zero-order valence-corrected chi connectivity index (χ0v) is 11.3. The van der Waals surface area contributed by atoms with Gasteiger partial charge in [0.2, 0.25) is 0 Å². The van der Waals surface area contributed by atoms with E-state index in [2.05, 4.69) is 17.1 Å². The Morgan fingerprint density at radius 1 is 0.941 bits per heavy atom. The minimum Gasteiger partial charge on any atom is -0.310 e. The summed E-state index contributed by atoms with van der Waals surface area (Å²) in [5, 5.41) is 3.98. The van der Waals surface area contributed by atoms with Crippen LogP contribution in [0.4, 0.5) is 0 Å². The molecule has 3 fully saturated rings. The van der Waals surface area contributed by atoms with Crippen molar-refractivity contribution in [3.05, 3.63) is 0 Å². The van der Waals surface area contributed by atoms with Gasteiger partial charge in [0, 0.05) is 24.7 Å². The van der Waals surface area contributed by atoms with Gasteiger partial charge in [-0.25, -0.2) is 0 Å². The summed E-state index contributed by atoms with van der Waals surface area (Å²) >= 11 is 0. The van der Waals surface area contributed by atoms with Gasteiger partial charge in [-0.05, 0) is 51.5 Å². The Kier molecular flexibility index (Phi) is 3.72. The smallest absolute Gasteiger partial charge is 0.0250 e. The topological polar surface area (TPSA) is 15.3 Å². The lowest BCUT2D eigenvalue weighted by molar-refractivity contribution is 0.239. The Morgan fingerprint density at radius 3 is 2.59 bits per heavy atom. The average Bonchev–Trinajstić information content (AvgIpc) is 2.95. The molecule has 0 spiro atoms. The normalized spacial score (nSPS) is 37.2. The Morgan fingerprint density at radius 2 is 1.76 bits per heavy atom. The fourth-order valence-electron chi connectivity index (χ4n) is 4.38. The molecule has 0 aromatic rings. The van der Waals surface area contributed by atoms with Gasteiger partial charge in [0.1, 0.15) is 0 Å². The minimum absolute atomic E-state index is 0.751. The van der Waals surface area contributed by atoms with Crippen molar-refractivity contribution in [1.29, 1.82) is 0 Å². The number of nitrogens with zero attached hydrogens (tertiary/aromatic N) is 1. The van der Waals surface area contributed by atoms with Gasteiger partial charge in [0.05, 0.1) is 0 Å². The van der Waals surface area contributed by atoms with E-state index in [-0.39, 0.29) is 0 Å². The van der Waals surface area contributed by atoms with Crippen molar-refractivity contribution in [3.63, 3.8) is 0 Å². The molecule has 0 aromatic carbocycles. The summed E-state index contributed by atoms with van der Waals surface area (Å²) in [6, 6.07) is 2.43. The highest BCUT2D eigenvalue weighted by atomic mass is 15.2. The van der Waals surface area contributed by atoms with Gasteiger partial charge in [-0.3, -0.25) is 4.90 Å². The summed E-state index contributed by atoms with van der Waals surface area (Å²) in [5.41, 5.74) is 0. The van der Waals surface area contributed by atoms with Crippen LogP contribution >= 0.6 is 0 Å². The zero-order valence-electron chi connectivity index (χ0n) is 11.3. The molecular formula is C15H28N2. The van der Waals surface area contributed by atoms with Crippen molar-refractivity contribution in [2.45, 2.75) is 76.4 Å². The Labute approximate surface area is 106 Å². The summed E-state index contributed by atoms with van der Waals surface area (Å²) in [5.74, 6) is 0.958. The second-order valence-corrected chi connectivity index (χ2v) is 6.49. The monoisotopic (exact) mass is 236 g/mol. The second-order valence-electron chi connectivity index (χ2n) is 6.49. The molecule has 3 atom stereocenters. The van der Waals surface area contributed by atoms with Crippen LogP contribution in [-0.2, 0) is 0 Å². The van der Waals surface area contributed by atoms with E-state index in [4.69, 9.17) is 0 Å². The van der Waals surface area contributed by atoms with Gasteiger partial charge in [0.15, 0.2) is 0 Å². The van der Waals surface area contributed by atoms with Crippen molar-refractivity contribution in [2.75, 3.05) is 13.1 Å².